The zero-order chi connectivity index (χ0) is 15.1. The van der Waals surface area contributed by atoms with Gasteiger partial charge in [0.1, 0.15) is 0 Å². The third-order valence-corrected chi connectivity index (χ3v) is 4.43. The van der Waals surface area contributed by atoms with Gasteiger partial charge in [-0.25, -0.2) is 0 Å². The summed E-state index contributed by atoms with van der Waals surface area (Å²) in [5.41, 5.74) is 2.85. The molecule has 1 atom stereocenters. The summed E-state index contributed by atoms with van der Waals surface area (Å²) in [6.45, 7) is 5.15. The number of hydrogen-bond donors (Lipinski definition) is 2. The monoisotopic (exact) mass is 434 g/mol. The van der Waals surface area contributed by atoms with Crippen molar-refractivity contribution >= 4 is 47.4 Å². The van der Waals surface area contributed by atoms with Gasteiger partial charge in [0.15, 0.2) is 5.96 Å². The molecule has 2 rings (SSSR count). The van der Waals surface area contributed by atoms with Crippen molar-refractivity contribution in [2.45, 2.75) is 19.4 Å². The summed E-state index contributed by atoms with van der Waals surface area (Å²) in [5, 5.41) is 6.72. The molecule has 2 N–H and O–H groups in total. The topological polar surface area (TPSA) is 39.7 Å². The Kier molecular flexibility index (Phi) is 9.00. The summed E-state index contributed by atoms with van der Waals surface area (Å²) >= 11 is 1.84. The molecule has 1 heterocycles. The number of anilines is 1. The van der Waals surface area contributed by atoms with Crippen molar-refractivity contribution in [3.05, 3.63) is 29.8 Å². The van der Waals surface area contributed by atoms with Gasteiger partial charge in [0.05, 0.1) is 0 Å². The summed E-state index contributed by atoms with van der Waals surface area (Å²) in [6.07, 6.45) is 3.26. The van der Waals surface area contributed by atoms with Crippen LogP contribution < -0.4 is 15.5 Å². The van der Waals surface area contributed by atoms with Crippen molar-refractivity contribution in [2.24, 2.45) is 4.99 Å². The van der Waals surface area contributed by atoms with Crippen LogP contribution >= 0.6 is 35.7 Å². The smallest absolute Gasteiger partial charge is 0.191 e. The molecule has 0 spiro atoms. The first-order valence-corrected chi connectivity index (χ1v) is 8.93. The first kappa shape index (κ1) is 19.4. The molecule has 0 saturated heterocycles. The van der Waals surface area contributed by atoms with Crippen LogP contribution in [0.3, 0.4) is 0 Å². The van der Waals surface area contributed by atoms with E-state index in [1.807, 2.05) is 18.8 Å². The normalized spacial score (nSPS) is 17.0. The minimum absolute atomic E-state index is 0. The number of guanidine groups is 1. The maximum atomic E-state index is 4.25. The van der Waals surface area contributed by atoms with E-state index in [0.29, 0.717) is 6.04 Å². The van der Waals surface area contributed by atoms with E-state index in [1.54, 1.807) is 0 Å². The number of para-hydroxylation sites is 1. The first-order chi connectivity index (χ1) is 10.3. The van der Waals surface area contributed by atoms with Gasteiger partial charge < -0.3 is 15.5 Å². The van der Waals surface area contributed by atoms with E-state index >= 15 is 0 Å². The molecule has 22 heavy (non-hydrogen) atoms. The molecular weight excluding hydrogens is 407 g/mol. The standard InChI is InChI=1S/C16H26N4S.HI/c1-13-12-14-6-4-5-7-15(14)20(13)10-8-18-16(17-2)19-9-11-21-3;/h4-7,13H,8-12H2,1-3H3,(H2,17,18,19);1H. The van der Waals surface area contributed by atoms with Crippen molar-refractivity contribution in [1.82, 2.24) is 10.6 Å². The Morgan fingerprint density at radius 1 is 1.32 bits per heavy atom. The number of halogens is 1. The van der Waals surface area contributed by atoms with Crippen LogP contribution in [-0.2, 0) is 6.42 Å². The summed E-state index contributed by atoms with van der Waals surface area (Å²) < 4.78 is 0. The number of rotatable bonds is 6. The second kappa shape index (κ2) is 10.2. The number of benzene rings is 1. The van der Waals surface area contributed by atoms with Crippen molar-refractivity contribution < 1.29 is 0 Å². The Hall–Kier alpha value is -0.630. The van der Waals surface area contributed by atoms with E-state index in [9.17, 15) is 0 Å². The summed E-state index contributed by atoms with van der Waals surface area (Å²) in [6, 6.07) is 9.30. The second-order valence-electron chi connectivity index (χ2n) is 5.29. The molecule has 0 amide bonds. The highest BCUT2D eigenvalue weighted by molar-refractivity contribution is 14.0. The number of thioether (sulfide) groups is 1. The summed E-state index contributed by atoms with van der Waals surface area (Å²) in [4.78, 5) is 6.74. The molecule has 4 nitrogen and oxygen atoms in total. The van der Waals surface area contributed by atoms with Crippen molar-refractivity contribution in [3.63, 3.8) is 0 Å². The molecule has 0 radical (unpaired) electrons. The van der Waals surface area contributed by atoms with Crippen LogP contribution in [0.4, 0.5) is 5.69 Å². The maximum Gasteiger partial charge on any atom is 0.191 e. The molecule has 124 valence electrons. The van der Waals surface area contributed by atoms with E-state index in [1.165, 1.54) is 11.3 Å². The molecule has 0 fully saturated rings. The molecule has 1 aromatic rings. The van der Waals surface area contributed by atoms with Gasteiger partial charge in [-0.2, -0.15) is 11.8 Å². The van der Waals surface area contributed by atoms with Gasteiger partial charge in [0, 0.05) is 44.2 Å². The van der Waals surface area contributed by atoms with Crippen molar-refractivity contribution in [3.8, 4) is 0 Å². The van der Waals surface area contributed by atoms with E-state index in [2.05, 4.69) is 58.0 Å². The molecule has 1 aliphatic rings. The van der Waals surface area contributed by atoms with E-state index < -0.39 is 0 Å². The zero-order valence-corrected chi connectivity index (χ0v) is 16.8. The Morgan fingerprint density at radius 3 is 2.77 bits per heavy atom. The Balaban J connectivity index is 0.00000242. The van der Waals surface area contributed by atoms with E-state index in [-0.39, 0.29) is 24.0 Å². The molecule has 1 aromatic carbocycles. The lowest BCUT2D eigenvalue weighted by atomic mass is 10.1. The zero-order valence-electron chi connectivity index (χ0n) is 13.6. The quantitative estimate of drug-likeness (QED) is 0.313. The fourth-order valence-electron chi connectivity index (χ4n) is 2.76. The van der Waals surface area contributed by atoms with E-state index in [4.69, 9.17) is 0 Å². The third kappa shape index (κ3) is 5.22. The largest absolute Gasteiger partial charge is 0.367 e. The van der Waals surface area contributed by atoms with Gasteiger partial charge in [-0.15, -0.1) is 24.0 Å². The highest BCUT2D eigenvalue weighted by Crippen LogP contribution is 2.30. The molecule has 6 heteroatoms. The number of fused-ring (bicyclic) bond motifs is 1. The van der Waals surface area contributed by atoms with Gasteiger partial charge in [-0.1, -0.05) is 18.2 Å². The molecule has 0 saturated carbocycles. The van der Waals surface area contributed by atoms with Gasteiger partial charge in [0.25, 0.3) is 0 Å². The fourth-order valence-corrected chi connectivity index (χ4v) is 3.06. The van der Waals surface area contributed by atoms with Gasteiger partial charge in [-0.05, 0) is 31.2 Å². The molecule has 0 bridgehead atoms. The molecule has 1 unspecified atom stereocenters. The van der Waals surface area contributed by atoms with Crippen LogP contribution in [0, 0.1) is 0 Å². The van der Waals surface area contributed by atoms with Gasteiger partial charge >= 0.3 is 0 Å². The fraction of sp³-hybridized carbons (Fsp3) is 0.562. The van der Waals surface area contributed by atoms with Crippen LogP contribution in [0.5, 0.6) is 0 Å². The minimum Gasteiger partial charge on any atom is -0.367 e. The Morgan fingerprint density at radius 2 is 2.05 bits per heavy atom. The highest BCUT2D eigenvalue weighted by Gasteiger charge is 2.24. The SMILES string of the molecule is CN=C(NCCSC)NCCN1c2ccccc2CC1C.I. The van der Waals surface area contributed by atoms with Crippen LogP contribution in [-0.4, -0.2) is 50.7 Å². The lowest BCUT2D eigenvalue weighted by Crippen LogP contribution is -2.43. The van der Waals surface area contributed by atoms with Crippen molar-refractivity contribution in [2.75, 3.05) is 43.6 Å². The number of hydrogen-bond acceptors (Lipinski definition) is 3. The summed E-state index contributed by atoms with van der Waals surface area (Å²) in [7, 11) is 1.82. The Labute approximate surface area is 155 Å². The summed E-state index contributed by atoms with van der Waals surface area (Å²) in [5.74, 6) is 1.99. The van der Waals surface area contributed by atoms with Crippen molar-refractivity contribution in [1.29, 1.82) is 0 Å². The third-order valence-electron chi connectivity index (χ3n) is 3.82. The highest BCUT2D eigenvalue weighted by atomic mass is 127. The van der Waals surface area contributed by atoms with E-state index in [0.717, 1.165) is 37.8 Å². The van der Waals surface area contributed by atoms with Crippen LogP contribution in [0.2, 0.25) is 0 Å². The van der Waals surface area contributed by atoms with Crippen LogP contribution in [0.15, 0.2) is 29.3 Å². The minimum atomic E-state index is 0. The van der Waals surface area contributed by atoms with Crippen LogP contribution in [0.1, 0.15) is 12.5 Å². The second-order valence-corrected chi connectivity index (χ2v) is 6.28. The Bertz CT molecular complexity index is 481. The first-order valence-electron chi connectivity index (χ1n) is 7.54. The average molecular weight is 434 g/mol. The predicted octanol–water partition coefficient (Wildman–Crippen LogP) is 2.58. The lowest BCUT2D eigenvalue weighted by Gasteiger charge is -2.25. The molecule has 1 aliphatic heterocycles. The number of nitrogens with zero attached hydrogens (tertiary/aromatic N) is 2. The van der Waals surface area contributed by atoms with Crippen LogP contribution in [0.25, 0.3) is 0 Å². The molecule has 0 aromatic heterocycles. The maximum absolute atomic E-state index is 4.25. The molecular formula is C16H27IN4S. The van der Waals surface area contributed by atoms with Gasteiger partial charge in [0.2, 0.25) is 0 Å². The van der Waals surface area contributed by atoms with Gasteiger partial charge in [-0.3, -0.25) is 4.99 Å². The lowest BCUT2D eigenvalue weighted by molar-refractivity contribution is 0.657. The molecule has 0 aliphatic carbocycles. The predicted molar refractivity (Wildman–Crippen MR) is 110 cm³/mol. The average Bonchev–Trinajstić information content (AvgIpc) is 2.82. The number of aliphatic imine (C=N–C) groups is 1. The number of nitrogens with one attached hydrogen (secondary N) is 2.